The van der Waals surface area contributed by atoms with Crippen molar-refractivity contribution >= 4 is 0 Å². The molecule has 1 aliphatic heterocycles. The zero-order chi connectivity index (χ0) is 14.5. The van der Waals surface area contributed by atoms with Crippen LogP contribution in [0.1, 0.15) is 51.9 Å². The van der Waals surface area contributed by atoms with Crippen LogP contribution in [0.3, 0.4) is 0 Å². The van der Waals surface area contributed by atoms with Gasteiger partial charge in [-0.1, -0.05) is 6.42 Å². The van der Waals surface area contributed by atoms with E-state index in [-0.39, 0.29) is 0 Å². The summed E-state index contributed by atoms with van der Waals surface area (Å²) in [6.45, 7) is 11.1. The van der Waals surface area contributed by atoms with Gasteiger partial charge in [0, 0.05) is 25.2 Å². The summed E-state index contributed by atoms with van der Waals surface area (Å²) in [6, 6.07) is 1.17. The van der Waals surface area contributed by atoms with Crippen molar-refractivity contribution in [3.05, 3.63) is 12.2 Å². The summed E-state index contributed by atoms with van der Waals surface area (Å²) in [5.74, 6) is 1.06. The van der Waals surface area contributed by atoms with Crippen LogP contribution in [0.15, 0.2) is 6.33 Å². The molecule has 5 heteroatoms. The van der Waals surface area contributed by atoms with Gasteiger partial charge in [-0.2, -0.15) is 0 Å². The van der Waals surface area contributed by atoms with Crippen LogP contribution in [0.2, 0.25) is 0 Å². The van der Waals surface area contributed by atoms with Crippen LogP contribution in [0.5, 0.6) is 0 Å². The van der Waals surface area contributed by atoms with Crippen molar-refractivity contribution < 1.29 is 0 Å². The lowest BCUT2D eigenvalue weighted by molar-refractivity contribution is 0.140. The van der Waals surface area contributed by atoms with E-state index in [4.69, 9.17) is 0 Å². The van der Waals surface area contributed by atoms with Crippen molar-refractivity contribution in [3.63, 3.8) is 0 Å². The van der Waals surface area contributed by atoms with Gasteiger partial charge in [0.15, 0.2) is 0 Å². The highest BCUT2D eigenvalue weighted by molar-refractivity contribution is 4.88. The third-order valence-corrected chi connectivity index (χ3v) is 4.32. The molecule has 2 rings (SSSR count). The summed E-state index contributed by atoms with van der Waals surface area (Å²) in [5.41, 5.74) is 0. The van der Waals surface area contributed by atoms with E-state index in [1.807, 2.05) is 6.33 Å². The number of nitrogens with zero attached hydrogens (tertiary/aromatic N) is 5. The molecule has 0 saturated carbocycles. The quantitative estimate of drug-likeness (QED) is 0.800. The SMILES string of the molecule is CC1CCCCN1CCN(C)Cc1nncn1C(C)C. The molecule has 0 bridgehead atoms. The molecule has 1 fully saturated rings. The van der Waals surface area contributed by atoms with Gasteiger partial charge in [0.25, 0.3) is 0 Å². The average molecular weight is 279 g/mol. The Labute approximate surface area is 123 Å². The van der Waals surface area contributed by atoms with Gasteiger partial charge in [0.05, 0.1) is 6.54 Å². The van der Waals surface area contributed by atoms with Gasteiger partial charge < -0.3 is 4.57 Å². The highest BCUT2D eigenvalue weighted by Gasteiger charge is 2.18. The lowest BCUT2D eigenvalue weighted by Crippen LogP contribution is -2.41. The smallest absolute Gasteiger partial charge is 0.147 e. The second-order valence-corrected chi connectivity index (χ2v) is 6.37. The zero-order valence-electron chi connectivity index (χ0n) is 13.4. The van der Waals surface area contributed by atoms with Crippen LogP contribution >= 0.6 is 0 Å². The molecule has 20 heavy (non-hydrogen) atoms. The lowest BCUT2D eigenvalue weighted by Gasteiger charge is -2.34. The predicted octanol–water partition coefficient (Wildman–Crippen LogP) is 2.17. The van der Waals surface area contributed by atoms with E-state index in [1.54, 1.807) is 0 Å². The van der Waals surface area contributed by atoms with Gasteiger partial charge in [0.2, 0.25) is 0 Å². The van der Waals surface area contributed by atoms with E-state index in [9.17, 15) is 0 Å². The molecule has 5 nitrogen and oxygen atoms in total. The van der Waals surface area contributed by atoms with Crippen LogP contribution in [-0.4, -0.2) is 57.3 Å². The molecule has 1 aromatic heterocycles. The van der Waals surface area contributed by atoms with Gasteiger partial charge in [-0.05, 0) is 47.2 Å². The summed E-state index contributed by atoms with van der Waals surface area (Å²) < 4.78 is 2.15. The summed E-state index contributed by atoms with van der Waals surface area (Å²) in [7, 11) is 2.17. The van der Waals surface area contributed by atoms with Gasteiger partial charge in [0.1, 0.15) is 12.2 Å². The average Bonchev–Trinajstić information content (AvgIpc) is 2.86. The molecule has 0 N–H and O–H groups in total. The molecule has 0 radical (unpaired) electrons. The molecule has 1 saturated heterocycles. The summed E-state index contributed by atoms with van der Waals surface area (Å²) in [6.07, 6.45) is 5.94. The third kappa shape index (κ3) is 4.03. The molecular formula is C15H29N5. The Hall–Kier alpha value is -0.940. The first kappa shape index (κ1) is 15.4. The van der Waals surface area contributed by atoms with E-state index in [2.05, 4.69) is 52.4 Å². The van der Waals surface area contributed by atoms with E-state index in [0.717, 1.165) is 31.5 Å². The number of likely N-dealkylation sites (N-methyl/N-ethyl adjacent to an activating group) is 1. The van der Waals surface area contributed by atoms with Gasteiger partial charge in [-0.3, -0.25) is 9.80 Å². The highest BCUT2D eigenvalue weighted by Crippen LogP contribution is 2.16. The van der Waals surface area contributed by atoms with Crippen molar-refractivity contribution in [1.82, 2.24) is 24.6 Å². The van der Waals surface area contributed by atoms with E-state index in [1.165, 1.54) is 25.8 Å². The summed E-state index contributed by atoms with van der Waals surface area (Å²) >= 11 is 0. The molecule has 0 aliphatic carbocycles. The molecule has 1 aliphatic rings. The monoisotopic (exact) mass is 279 g/mol. The minimum Gasteiger partial charge on any atom is -0.314 e. The Bertz CT molecular complexity index is 401. The van der Waals surface area contributed by atoms with Crippen molar-refractivity contribution in [2.24, 2.45) is 0 Å². The Kier molecular flexibility index (Phi) is 5.54. The molecular weight excluding hydrogens is 250 g/mol. The molecule has 1 aromatic rings. The maximum absolute atomic E-state index is 4.24. The van der Waals surface area contributed by atoms with Crippen LogP contribution in [0, 0.1) is 0 Å². The van der Waals surface area contributed by atoms with Crippen molar-refractivity contribution in [2.75, 3.05) is 26.7 Å². The second kappa shape index (κ2) is 7.18. The van der Waals surface area contributed by atoms with E-state index >= 15 is 0 Å². The van der Waals surface area contributed by atoms with E-state index in [0.29, 0.717) is 6.04 Å². The molecule has 0 amide bonds. The maximum atomic E-state index is 4.24. The van der Waals surface area contributed by atoms with Crippen LogP contribution in [-0.2, 0) is 6.54 Å². The Morgan fingerprint density at radius 3 is 2.90 bits per heavy atom. The Morgan fingerprint density at radius 1 is 1.40 bits per heavy atom. The predicted molar refractivity (Wildman–Crippen MR) is 81.6 cm³/mol. The normalized spacial score (nSPS) is 21.0. The second-order valence-electron chi connectivity index (χ2n) is 6.37. The van der Waals surface area contributed by atoms with Crippen LogP contribution in [0.4, 0.5) is 0 Å². The first-order valence-electron chi connectivity index (χ1n) is 7.89. The van der Waals surface area contributed by atoms with Gasteiger partial charge in [-0.25, -0.2) is 0 Å². The Balaban J connectivity index is 1.80. The standard InChI is InChI=1S/C15H29N5/c1-13(2)20-12-16-17-15(20)11-18(4)9-10-19-8-6-5-7-14(19)3/h12-14H,5-11H2,1-4H3. The molecule has 0 spiro atoms. The summed E-state index contributed by atoms with van der Waals surface area (Å²) in [4.78, 5) is 4.97. The molecule has 1 atom stereocenters. The molecule has 2 heterocycles. The fourth-order valence-corrected chi connectivity index (χ4v) is 2.92. The highest BCUT2D eigenvalue weighted by atomic mass is 15.3. The number of likely N-dealkylation sites (tertiary alicyclic amines) is 1. The first-order chi connectivity index (χ1) is 9.58. The van der Waals surface area contributed by atoms with Crippen molar-refractivity contribution in [2.45, 2.75) is 58.7 Å². The van der Waals surface area contributed by atoms with Gasteiger partial charge in [-0.15, -0.1) is 10.2 Å². The fourth-order valence-electron chi connectivity index (χ4n) is 2.92. The van der Waals surface area contributed by atoms with Crippen LogP contribution in [0.25, 0.3) is 0 Å². The fraction of sp³-hybridized carbons (Fsp3) is 0.867. The molecule has 0 aromatic carbocycles. The van der Waals surface area contributed by atoms with Crippen molar-refractivity contribution in [1.29, 1.82) is 0 Å². The van der Waals surface area contributed by atoms with Crippen molar-refractivity contribution in [3.8, 4) is 0 Å². The maximum Gasteiger partial charge on any atom is 0.147 e. The largest absolute Gasteiger partial charge is 0.314 e. The first-order valence-corrected chi connectivity index (χ1v) is 7.89. The summed E-state index contributed by atoms with van der Waals surface area (Å²) in [5, 5.41) is 8.28. The number of aromatic nitrogens is 3. The zero-order valence-corrected chi connectivity index (χ0v) is 13.4. The third-order valence-electron chi connectivity index (χ3n) is 4.32. The minimum absolute atomic E-state index is 0.426. The topological polar surface area (TPSA) is 37.2 Å². The molecule has 1 unspecified atom stereocenters. The number of rotatable bonds is 6. The van der Waals surface area contributed by atoms with Crippen LogP contribution < -0.4 is 0 Å². The number of hydrogen-bond acceptors (Lipinski definition) is 4. The minimum atomic E-state index is 0.426. The number of piperidine rings is 1. The van der Waals surface area contributed by atoms with Gasteiger partial charge >= 0.3 is 0 Å². The number of hydrogen-bond donors (Lipinski definition) is 0. The molecule has 114 valence electrons. The van der Waals surface area contributed by atoms with E-state index < -0.39 is 0 Å². The lowest BCUT2D eigenvalue weighted by atomic mass is 10.0. The Morgan fingerprint density at radius 2 is 2.20 bits per heavy atom.